The predicted molar refractivity (Wildman–Crippen MR) is 53.6 cm³/mol. The zero-order valence-electron chi connectivity index (χ0n) is 7.43. The number of H-pyrrole nitrogens is 1. The van der Waals surface area contributed by atoms with Crippen LogP contribution in [0.2, 0.25) is 5.02 Å². The van der Waals surface area contributed by atoms with Gasteiger partial charge in [-0.3, -0.25) is 4.79 Å². The van der Waals surface area contributed by atoms with Crippen molar-refractivity contribution in [1.82, 2.24) is 4.98 Å². The molecule has 2 aromatic rings. The van der Waals surface area contributed by atoms with Crippen molar-refractivity contribution in [2.24, 2.45) is 0 Å². The summed E-state index contributed by atoms with van der Waals surface area (Å²) in [5.41, 5.74) is 0.477. The molecule has 15 heavy (non-hydrogen) atoms. The Kier molecular flexibility index (Phi) is 2.44. The Hall–Kier alpha value is -1.42. The Bertz CT molecular complexity index is 521. The molecule has 0 atom stereocenters. The topological polar surface area (TPSA) is 32.9 Å². The summed E-state index contributed by atoms with van der Waals surface area (Å²) < 4.78 is 24.4. The molecule has 1 heterocycles. The number of para-hydroxylation sites is 1. The fourth-order valence-corrected chi connectivity index (χ4v) is 1.67. The Balaban J connectivity index is 2.64. The van der Waals surface area contributed by atoms with Gasteiger partial charge in [-0.25, -0.2) is 8.78 Å². The van der Waals surface area contributed by atoms with Crippen LogP contribution in [-0.4, -0.2) is 17.2 Å². The van der Waals surface area contributed by atoms with Crippen molar-refractivity contribution in [2.45, 2.75) is 6.43 Å². The van der Waals surface area contributed by atoms with E-state index >= 15 is 0 Å². The number of aromatic nitrogens is 1. The van der Waals surface area contributed by atoms with Gasteiger partial charge in [0.1, 0.15) is 0 Å². The maximum Gasteiger partial charge on any atom is 0.300 e. The number of carbonyl (C=O) groups is 1. The molecule has 2 nitrogen and oxygen atoms in total. The summed E-state index contributed by atoms with van der Waals surface area (Å²) >= 11 is 5.82. The summed E-state index contributed by atoms with van der Waals surface area (Å²) in [6.07, 6.45) is -1.74. The second-order valence-corrected chi connectivity index (χ2v) is 3.44. The molecule has 0 aliphatic heterocycles. The monoisotopic (exact) mass is 229 g/mol. The summed E-state index contributed by atoms with van der Waals surface area (Å²) in [6.45, 7) is 0. The number of fused-ring (bicyclic) bond motifs is 1. The van der Waals surface area contributed by atoms with Gasteiger partial charge in [-0.05, 0) is 6.07 Å². The number of alkyl halides is 2. The summed E-state index contributed by atoms with van der Waals surface area (Å²) in [7, 11) is 0. The molecule has 0 fully saturated rings. The van der Waals surface area contributed by atoms with Gasteiger partial charge in [0.05, 0.1) is 10.5 Å². The third-order valence-electron chi connectivity index (χ3n) is 2.13. The SMILES string of the molecule is O=C(c1c[nH]c2c(Cl)cccc12)C(F)F. The molecule has 1 N–H and O–H groups in total. The van der Waals surface area contributed by atoms with Gasteiger partial charge in [0, 0.05) is 17.1 Å². The van der Waals surface area contributed by atoms with Crippen molar-refractivity contribution in [1.29, 1.82) is 0 Å². The van der Waals surface area contributed by atoms with Gasteiger partial charge < -0.3 is 4.98 Å². The molecule has 78 valence electrons. The molecule has 0 spiro atoms. The van der Waals surface area contributed by atoms with Crippen molar-refractivity contribution in [2.75, 3.05) is 0 Å². The van der Waals surface area contributed by atoms with Crippen LogP contribution in [0.4, 0.5) is 8.78 Å². The zero-order chi connectivity index (χ0) is 11.0. The minimum absolute atomic E-state index is 0.0255. The minimum Gasteiger partial charge on any atom is -0.359 e. The number of ketones is 1. The Labute approximate surface area is 88.8 Å². The van der Waals surface area contributed by atoms with Crippen molar-refractivity contribution < 1.29 is 13.6 Å². The smallest absolute Gasteiger partial charge is 0.300 e. The third kappa shape index (κ3) is 1.61. The number of hydrogen-bond acceptors (Lipinski definition) is 1. The van der Waals surface area contributed by atoms with Crippen molar-refractivity contribution in [3.8, 4) is 0 Å². The summed E-state index contributed by atoms with van der Waals surface area (Å²) in [6, 6.07) is 4.81. The maximum atomic E-state index is 12.2. The molecule has 0 aliphatic carbocycles. The van der Waals surface area contributed by atoms with E-state index < -0.39 is 12.2 Å². The summed E-state index contributed by atoms with van der Waals surface area (Å²) in [5, 5.41) is 0.827. The molecular weight excluding hydrogens is 224 g/mol. The van der Waals surface area contributed by atoms with Crippen LogP contribution in [-0.2, 0) is 0 Å². The number of Topliss-reactive ketones (excluding diaryl/α,β-unsaturated/α-hetero) is 1. The number of hydrogen-bond donors (Lipinski definition) is 1. The number of rotatable bonds is 2. The molecule has 1 aromatic carbocycles. The molecule has 1 aromatic heterocycles. The Morgan fingerprint density at radius 1 is 1.40 bits per heavy atom. The van der Waals surface area contributed by atoms with Gasteiger partial charge >= 0.3 is 6.43 Å². The van der Waals surface area contributed by atoms with Crippen LogP contribution in [0.5, 0.6) is 0 Å². The Morgan fingerprint density at radius 2 is 2.13 bits per heavy atom. The zero-order valence-corrected chi connectivity index (χ0v) is 8.18. The first-order valence-corrected chi connectivity index (χ1v) is 4.57. The van der Waals surface area contributed by atoms with Crippen LogP contribution in [0.15, 0.2) is 24.4 Å². The lowest BCUT2D eigenvalue weighted by atomic mass is 10.1. The maximum absolute atomic E-state index is 12.2. The lowest BCUT2D eigenvalue weighted by molar-refractivity contribution is 0.0680. The quantitative estimate of drug-likeness (QED) is 0.788. The van der Waals surface area contributed by atoms with E-state index in [9.17, 15) is 13.6 Å². The van der Waals surface area contributed by atoms with Gasteiger partial charge in [-0.2, -0.15) is 0 Å². The fraction of sp³-hybridized carbons (Fsp3) is 0.100. The number of aromatic amines is 1. The van der Waals surface area contributed by atoms with E-state index in [4.69, 9.17) is 11.6 Å². The number of benzene rings is 1. The van der Waals surface area contributed by atoms with E-state index in [-0.39, 0.29) is 5.56 Å². The highest BCUT2D eigenvalue weighted by Crippen LogP contribution is 2.26. The molecule has 0 bridgehead atoms. The molecule has 0 unspecified atom stereocenters. The van der Waals surface area contributed by atoms with Crippen molar-refractivity contribution in [3.05, 3.63) is 35.0 Å². The van der Waals surface area contributed by atoms with Crippen LogP contribution in [0, 0.1) is 0 Å². The lowest BCUT2D eigenvalue weighted by Crippen LogP contribution is -2.09. The molecule has 0 radical (unpaired) electrons. The standard InChI is InChI=1S/C10H6ClF2NO/c11-7-3-1-2-5-6(4-14-8(5)7)9(15)10(12)13/h1-4,10,14H. The number of carbonyl (C=O) groups excluding carboxylic acids is 1. The van der Waals surface area contributed by atoms with E-state index in [1.54, 1.807) is 18.2 Å². The van der Waals surface area contributed by atoms with Crippen LogP contribution in [0.25, 0.3) is 10.9 Å². The lowest BCUT2D eigenvalue weighted by Gasteiger charge is -1.97. The predicted octanol–water partition coefficient (Wildman–Crippen LogP) is 3.27. The van der Waals surface area contributed by atoms with Gasteiger partial charge in [-0.1, -0.05) is 23.7 Å². The molecule has 0 saturated heterocycles. The number of nitrogens with one attached hydrogen (secondary N) is 1. The highest BCUT2D eigenvalue weighted by Gasteiger charge is 2.21. The summed E-state index contributed by atoms with van der Waals surface area (Å²) in [4.78, 5) is 13.8. The molecule has 0 saturated carbocycles. The third-order valence-corrected chi connectivity index (χ3v) is 2.44. The average Bonchev–Trinajstić information content (AvgIpc) is 2.61. The Morgan fingerprint density at radius 3 is 2.80 bits per heavy atom. The molecule has 2 rings (SSSR count). The van der Waals surface area contributed by atoms with Crippen LogP contribution < -0.4 is 0 Å². The van der Waals surface area contributed by atoms with Gasteiger partial charge in [0.25, 0.3) is 0 Å². The highest BCUT2D eigenvalue weighted by atomic mass is 35.5. The normalized spacial score (nSPS) is 11.2. The highest BCUT2D eigenvalue weighted by molar-refractivity contribution is 6.35. The van der Waals surface area contributed by atoms with E-state index in [0.717, 1.165) is 0 Å². The second-order valence-electron chi connectivity index (χ2n) is 3.03. The summed E-state index contributed by atoms with van der Waals surface area (Å²) in [5.74, 6) is -1.19. The molecular formula is C10H6ClF2NO. The first-order valence-electron chi connectivity index (χ1n) is 4.19. The van der Waals surface area contributed by atoms with E-state index in [1.807, 2.05) is 0 Å². The fourth-order valence-electron chi connectivity index (χ4n) is 1.44. The van der Waals surface area contributed by atoms with Crippen molar-refractivity contribution in [3.63, 3.8) is 0 Å². The van der Waals surface area contributed by atoms with Crippen LogP contribution in [0.1, 0.15) is 10.4 Å². The largest absolute Gasteiger partial charge is 0.359 e. The first-order chi connectivity index (χ1) is 7.11. The number of halogens is 3. The molecule has 0 amide bonds. The van der Waals surface area contributed by atoms with Crippen molar-refractivity contribution >= 4 is 28.3 Å². The van der Waals surface area contributed by atoms with Crippen LogP contribution >= 0.6 is 11.6 Å². The molecule has 0 aliphatic rings. The second kappa shape index (κ2) is 3.62. The van der Waals surface area contributed by atoms with Crippen LogP contribution in [0.3, 0.4) is 0 Å². The van der Waals surface area contributed by atoms with Gasteiger partial charge in [0.15, 0.2) is 0 Å². The first kappa shape index (κ1) is 10.1. The van der Waals surface area contributed by atoms with E-state index in [2.05, 4.69) is 4.98 Å². The van der Waals surface area contributed by atoms with E-state index in [1.165, 1.54) is 6.20 Å². The van der Waals surface area contributed by atoms with E-state index in [0.29, 0.717) is 15.9 Å². The average molecular weight is 230 g/mol. The molecule has 5 heteroatoms. The minimum atomic E-state index is -3.00. The van der Waals surface area contributed by atoms with Gasteiger partial charge in [0.2, 0.25) is 5.78 Å². The van der Waals surface area contributed by atoms with Gasteiger partial charge in [-0.15, -0.1) is 0 Å².